The maximum Gasteiger partial charge on any atom is 0.199 e. The standard InChI is InChI=1S/C17H18ClNO5S/c1-3-23-17-13(25(21,22)4-2)8-7-11(14(17)18)15(20)12-9-19-24-16(12)10-5-6-10/h7-10H,3-6H2,1-2H3. The van der Waals surface area contributed by atoms with Crippen molar-refractivity contribution in [2.75, 3.05) is 12.4 Å². The van der Waals surface area contributed by atoms with Gasteiger partial charge in [0.05, 0.1) is 29.1 Å². The molecule has 6 nitrogen and oxygen atoms in total. The zero-order valence-electron chi connectivity index (χ0n) is 13.9. The number of hydrogen-bond donors (Lipinski definition) is 0. The van der Waals surface area contributed by atoms with Crippen molar-refractivity contribution >= 4 is 27.2 Å². The van der Waals surface area contributed by atoms with Gasteiger partial charge in [0.1, 0.15) is 4.90 Å². The zero-order chi connectivity index (χ0) is 18.2. The number of nitrogens with zero attached hydrogens (tertiary/aromatic N) is 1. The van der Waals surface area contributed by atoms with Crippen LogP contribution in [-0.4, -0.2) is 31.7 Å². The number of hydrogen-bond acceptors (Lipinski definition) is 6. The van der Waals surface area contributed by atoms with Crippen LogP contribution in [0, 0.1) is 0 Å². The molecular formula is C17H18ClNO5S. The van der Waals surface area contributed by atoms with E-state index in [1.54, 1.807) is 6.92 Å². The second-order valence-corrected chi connectivity index (χ2v) is 8.42. The first-order valence-corrected chi connectivity index (χ1v) is 10.1. The summed E-state index contributed by atoms with van der Waals surface area (Å²) in [5, 5.41) is 3.71. The lowest BCUT2D eigenvalue weighted by Crippen LogP contribution is -2.11. The van der Waals surface area contributed by atoms with Gasteiger partial charge in [-0.2, -0.15) is 0 Å². The summed E-state index contributed by atoms with van der Waals surface area (Å²) in [6.07, 6.45) is 3.30. The van der Waals surface area contributed by atoms with Gasteiger partial charge in [0.2, 0.25) is 0 Å². The molecule has 0 spiro atoms. The van der Waals surface area contributed by atoms with Gasteiger partial charge in [-0.3, -0.25) is 4.79 Å². The summed E-state index contributed by atoms with van der Waals surface area (Å²) in [5.41, 5.74) is 0.531. The van der Waals surface area contributed by atoms with Crippen molar-refractivity contribution in [1.82, 2.24) is 5.16 Å². The van der Waals surface area contributed by atoms with Crippen LogP contribution in [0.15, 0.2) is 27.7 Å². The number of benzene rings is 1. The molecule has 1 aromatic heterocycles. The highest BCUT2D eigenvalue weighted by molar-refractivity contribution is 7.91. The molecule has 0 amide bonds. The molecule has 0 unspecified atom stereocenters. The molecule has 1 aliphatic carbocycles. The van der Waals surface area contributed by atoms with Gasteiger partial charge < -0.3 is 9.26 Å². The fourth-order valence-electron chi connectivity index (χ4n) is 2.60. The van der Waals surface area contributed by atoms with Crippen molar-refractivity contribution < 1.29 is 22.5 Å². The third-order valence-electron chi connectivity index (χ3n) is 4.10. The second kappa shape index (κ2) is 6.80. The van der Waals surface area contributed by atoms with Crippen molar-refractivity contribution in [2.24, 2.45) is 0 Å². The van der Waals surface area contributed by atoms with E-state index in [0.29, 0.717) is 11.3 Å². The Kier molecular flexibility index (Phi) is 4.88. The van der Waals surface area contributed by atoms with Crippen molar-refractivity contribution in [1.29, 1.82) is 0 Å². The van der Waals surface area contributed by atoms with Crippen LogP contribution in [0.5, 0.6) is 5.75 Å². The summed E-state index contributed by atoms with van der Waals surface area (Å²) >= 11 is 6.35. The van der Waals surface area contributed by atoms with Crippen LogP contribution in [0.4, 0.5) is 0 Å². The van der Waals surface area contributed by atoms with E-state index in [2.05, 4.69) is 5.16 Å². The highest BCUT2D eigenvalue weighted by atomic mass is 35.5. The minimum atomic E-state index is -3.53. The summed E-state index contributed by atoms with van der Waals surface area (Å²) in [6.45, 7) is 3.49. The fourth-order valence-corrected chi connectivity index (χ4v) is 3.99. The van der Waals surface area contributed by atoms with E-state index in [1.165, 1.54) is 25.3 Å². The summed E-state index contributed by atoms with van der Waals surface area (Å²) in [4.78, 5) is 12.9. The molecule has 0 bridgehead atoms. The lowest BCUT2D eigenvalue weighted by Gasteiger charge is -2.14. The summed E-state index contributed by atoms with van der Waals surface area (Å²) in [7, 11) is -3.53. The molecule has 1 aromatic carbocycles. The van der Waals surface area contributed by atoms with Gasteiger partial charge in [-0.15, -0.1) is 0 Å². The number of carbonyl (C=O) groups is 1. The van der Waals surface area contributed by atoms with Gasteiger partial charge in [0, 0.05) is 11.5 Å². The molecule has 1 saturated carbocycles. The largest absolute Gasteiger partial charge is 0.491 e. The molecular weight excluding hydrogens is 366 g/mol. The molecule has 2 aromatic rings. The molecule has 0 radical (unpaired) electrons. The van der Waals surface area contributed by atoms with E-state index in [1.807, 2.05) is 0 Å². The fraction of sp³-hybridized carbons (Fsp3) is 0.412. The molecule has 134 valence electrons. The quantitative estimate of drug-likeness (QED) is 0.678. The van der Waals surface area contributed by atoms with Crippen molar-refractivity contribution in [3.05, 3.63) is 40.2 Å². The zero-order valence-corrected chi connectivity index (χ0v) is 15.5. The predicted molar refractivity (Wildman–Crippen MR) is 92.3 cm³/mol. The summed E-state index contributed by atoms with van der Waals surface area (Å²) in [5.74, 6) is 0.347. The van der Waals surface area contributed by atoms with Gasteiger partial charge in [-0.1, -0.05) is 23.7 Å². The minimum Gasteiger partial charge on any atom is -0.491 e. The van der Waals surface area contributed by atoms with Crippen LogP contribution in [0.25, 0.3) is 0 Å². The maximum atomic E-state index is 12.9. The van der Waals surface area contributed by atoms with Gasteiger partial charge in [-0.05, 0) is 31.9 Å². The number of carbonyl (C=O) groups excluding carboxylic acids is 1. The predicted octanol–water partition coefficient (Wildman–Crippen LogP) is 3.63. The smallest absolute Gasteiger partial charge is 0.199 e. The Hall–Kier alpha value is -1.86. The Bertz CT molecular complexity index is 915. The molecule has 0 N–H and O–H groups in total. The highest BCUT2D eigenvalue weighted by Crippen LogP contribution is 2.43. The van der Waals surface area contributed by atoms with Crippen molar-refractivity contribution in [3.63, 3.8) is 0 Å². The lowest BCUT2D eigenvalue weighted by molar-refractivity contribution is 0.103. The Morgan fingerprint density at radius 1 is 1.32 bits per heavy atom. The first-order chi connectivity index (χ1) is 11.9. The van der Waals surface area contributed by atoms with Gasteiger partial charge >= 0.3 is 0 Å². The van der Waals surface area contributed by atoms with E-state index >= 15 is 0 Å². The Morgan fingerprint density at radius 3 is 2.64 bits per heavy atom. The average molecular weight is 384 g/mol. The highest BCUT2D eigenvalue weighted by Gasteiger charge is 2.34. The number of ketones is 1. The third kappa shape index (κ3) is 3.30. The van der Waals surface area contributed by atoms with E-state index < -0.39 is 9.84 Å². The van der Waals surface area contributed by atoms with Crippen LogP contribution in [-0.2, 0) is 9.84 Å². The number of aromatic nitrogens is 1. The van der Waals surface area contributed by atoms with Crippen molar-refractivity contribution in [2.45, 2.75) is 37.5 Å². The van der Waals surface area contributed by atoms with Gasteiger partial charge in [-0.25, -0.2) is 8.42 Å². The molecule has 8 heteroatoms. The third-order valence-corrected chi connectivity index (χ3v) is 6.23. The maximum absolute atomic E-state index is 12.9. The van der Waals surface area contributed by atoms with Gasteiger partial charge in [0.15, 0.2) is 27.1 Å². The molecule has 1 fully saturated rings. The molecule has 0 atom stereocenters. The number of ether oxygens (including phenoxy) is 1. The van der Waals surface area contributed by atoms with Crippen LogP contribution >= 0.6 is 11.6 Å². The topological polar surface area (TPSA) is 86.5 Å². The SMILES string of the molecule is CCOc1c(S(=O)(=O)CC)ccc(C(=O)c2cnoc2C2CC2)c1Cl. The monoisotopic (exact) mass is 383 g/mol. The average Bonchev–Trinajstić information content (AvgIpc) is 3.32. The van der Waals surface area contributed by atoms with Gasteiger partial charge in [0.25, 0.3) is 0 Å². The van der Waals surface area contributed by atoms with Crippen LogP contribution in [0.2, 0.25) is 5.02 Å². The first kappa shape index (κ1) is 17.9. The molecule has 3 rings (SSSR count). The molecule has 25 heavy (non-hydrogen) atoms. The van der Waals surface area contributed by atoms with Crippen LogP contribution in [0.3, 0.4) is 0 Å². The molecule has 0 aliphatic heterocycles. The van der Waals surface area contributed by atoms with E-state index in [9.17, 15) is 13.2 Å². The molecule has 1 heterocycles. The van der Waals surface area contributed by atoms with Crippen LogP contribution in [0.1, 0.15) is 54.3 Å². The lowest BCUT2D eigenvalue weighted by atomic mass is 10.0. The summed E-state index contributed by atoms with van der Waals surface area (Å²) < 4.78 is 35.2. The van der Waals surface area contributed by atoms with Crippen molar-refractivity contribution in [3.8, 4) is 5.75 Å². The van der Waals surface area contributed by atoms with Crippen LogP contribution < -0.4 is 4.74 Å². The molecule has 0 saturated heterocycles. The Balaban J connectivity index is 2.09. The second-order valence-electron chi connectivity index (χ2n) is 5.80. The first-order valence-electron chi connectivity index (χ1n) is 8.08. The summed E-state index contributed by atoms with van der Waals surface area (Å²) in [6, 6.07) is 2.78. The number of halogens is 1. The normalized spacial score (nSPS) is 14.5. The Labute approximate surface area is 151 Å². The minimum absolute atomic E-state index is 0.00821. The number of sulfone groups is 1. The number of rotatable bonds is 7. The van der Waals surface area contributed by atoms with E-state index in [4.69, 9.17) is 20.9 Å². The Morgan fingerprint density at radius 2 is 2.04 bits per heavy atom. The van der Waals surface area contributed by atoms with E-state index in [-0.39, 0.29) is 45.3 Å². The molecule has 1 aliphatic rings. The van der Waals surface area contributed by atoms with E-state index in [0.717, 1.165) is 12.8 Å².